The topological polar surface area (TPSA) is 59.4 Å². The average molecular weight is 370 g/mol. The van der Waals surface area contributed by atoms with Crippen LogP contribution in [0.2, 0.25) is 0 Å². The molecule has 21 heavy (non-hydrogen) atoms. The third-order valence-electron chi connectivity index (χ3n) is 4.10. The van der Waals surface area contributed by atoms with E-state index in [9.17, 15) is 4.79 Å². The molecular formula is C15H16BrNO3S. The predicted octanol–water partition coefficient (Wildman–Crippen LogP) is 4.43. The molecular weight excluding hydrogens is 354 g/mol. The molecule has 0 unspecified atom stereocenters. The largest absolute Gasteiger partial charge is 0.495 e. The van der Waals surface area contributed by atoms with Crippen LogP contribution in [0.15, 0.2) is 16.6 Å². The fraction of sp³-hybridized carbons (Fsp3) is 0.467. The highest BCUT2D eigenvalue weighted by Gasteiger charge is 2.28. The lowest BCUT2D eigenvalue weighted by molar-refractivity contribution is -0.142. The number of carboxylic acids is 1. The Hall–Kier alpha value is -1.14. The van der Waals surface area contributed by atoms with E-state index in [-0.39, 0.29) is 5.92 Å². The Labute approximate surface area is 135 Å². The second-order valence-corrected chi connectivity index (χ2v) is 7.31. The zero-order valence-electron chi connectivity index (χ0n) is 11.6. The molecule has 1 heterocycles. The van der Waals surface area contributed by atoms with Gasteiger partial charge in [0, 0.05) is 12.0 Å². The van der Waals surface area contributed by atoms with Crippen molar-refractivity contribution in [1.82, 2.24) is 4.98 Å². The second-order valence-electron chi connectivity index (χ2n) is 5.39. The third kappa shape index (κ3) is 2.92. The summed E-state index contributed by atoms with van der Waals surface area (Å²) in [7, 11) is 1.65. The maximum atomic E-state index is 11.0. The average Bonchev–Trinajstić information content (AvgIpc) is 2.89. The molecule has 3 rings (SSSR count). The summed E-state index contributed by atoms with van der Waals surface area (Å²) < 4.78 is 7.37. The van der Waals surface area contributed by atoms with Crippen LogP contribution >= 0.6 is 27.3 Å². The normalized spacial score (nSPS) is 22.4. The van der Waals surface area contributed by atoms with Crippen molar-refractivity contribution in [3.63, 3.8) is 0 Å². The van der Waals surface area contributed by atoms with Crippen molar-refractivity contribution in [2.24, 2.45) is 5.92 Å². The number of fused-ring (bicyclic) bond motifs is 1. The quantitative estimate of drug-likeness (QED) is 0.869. The summed E-state index contributed by atoms with van der Waals surface area (Å²) in [6, 6.07) is 3.99. The zero-order chi connectivity index (χ0) is 15.0. The summed E-state index contributed by atoms with van der Waals surface area (Å²) in [4.78, 5) is 15.7. The smallest absolute Gasteiger partial charge is 0.306 e. The first-order valence-corrected chi connectivity index (χ1v) is 8.56. The first-order chi connectivity index (χ1) is 10.1. The minimum atomic E-state index is -0.661. The summed E-state index contributed by atoms with van der Waals surface area (Å²) in [5.41, 5.74) is 0.954. The van der Waals surface area contributed by atoms with E-state index in [0.717, 1.165) is 51.1 Å². The van der Waals surface area contributed by atoms with Crippen molar-refractivity contribution in [2.75, 3.05) is 7.11 Å². The van der Waals surface area contributed by atoms with Crippen molar-refractivity contribution in [2.45, 2.75) is 31.6 Å². The van der Waals surface area contributed by atoms with Crippen molar-refractivity contribution in [3.05, 3.63) is 21.6 Å². The van der Waals surface area contributed by atoms with Gasteiger partial charge >= 0.3 is 5.97 Å². The summed E-state index contributed by atoms with van der Waals surface area (Å²) in [5, 5.41) is 10.2. The van der Waals surface area contributed by atoms with Crippen LogP contribution in [0, 0.1) is 5.92 Å². The maximum absolute atomic E-state index is 11.0. The molecule has 0 amide bonds. The molecule has 1 saturated carbocycles. The minimum absolute atomic E-state index is 0.176. The molecule has 0 aliphatic heterocycles. The number of methoxy groups -OCH3 is 1. The lowest BCUT2D eigenvalue weighted by Crippen LogP contribution is -2.20. The van der Waals surface area contributed by atoms with Crippen LogP contribution < -0.4 is 4.74 Å². The van der Waals surface area contributed by atoms with Gasteiger partial charge in [-0.15, -0.1) is 11.3 Å². The molecule has 1 N–H and O–H groups in total. The van der Waals surface area contributed by atoms with E-state index in [1.165, 1.54) is 0 Å². The van der Waals surface area contributed by atoms with E-state index in [1.54, 1.807) is 18.4 Å². The molecule has 1 aromatic carbocycles. The number of nitrogens with zero attached hydrogens (tertiary/aromatic N) is 1. The van der Waals surface area contributed by atoms with Gasteiger partial charge in [-0.3, -0.25) is 4.79 Å². The fourth-order valence-corrected chi connectivity index (χ4v) is 4.68. The highest BCUT2D eigenvalue weighted by Crippen LogP contribution is 2.40. The van der Waals surface area contributed by atoms with E-state index in [4.69, 9.17) is 14.8 Å². The summed E-state index contributed by atoms with van der Waals surface area (Å²) in [6.45, 7) is 0. The van der Waals surface area contributed by atoms with Gasteiger partial charge in [0.25, 0.3) is 0 Å². The summed E-state index contributed by atoms with van der Waals surface area (Å²) >= 11 is 5.20. The molecule has 1 aliphatic rings. The maximum Gasteiger partial charge on any atom is 0.306 e. The van der Waals surface area contributed by atoms with Gasteiger partial charge in [0.1, 0.15) is 5.75 Å². The SMILES string of the molecule is COc1cc2nc([C@H]3CC[C@H](C(=O)O)CC3)sc2cc1Br. The summed E-state index contributed by atoms with van der Waals surface area (Å²) in [6.07, 6.45) is 3.33. The fourth-order valence-electron chi connectivity index (χ4n) is 2.87. The zero-order valence-corrected chi connectivity index (χ0v) is 14.0. The number of aliphatic carboxylic acids is 1. The first kappa shape index (κ1) is 14.8. The monoisotopic (exact) mass is 369 g/mol. The number of thiazole rings is 1. The van der Waals surface area contributed by atoms with Gasteiger partial charge in [-0.05, 0) is 47.7 Å². The Balaban J connectivity index is 1.83. The molecule has 6 heteroatoms. The highest BCUT2D eigenvalue weighted by atomic mass is 79.9. The first-order valence-electron chi connectivity index (χ1n) is 6.95. The van der Waals surface area contributed by atoms with Gasteiger partial charge in [-0.25, -0.2) is 4.98 Å². The van der Waals surface area contributed by atoms with Crippen LogP contribution in [0.1, 0.15) is 36.6 Å². The lowest BCUT2D eigenvalue weighted by atomic mass is 9.82. The number of benzene rings is 1. The van der Waals surface area contributed by atoms with E-state index in [1.807, 2.05) is 12.1 Å². The Kier molecular flexibility index (Phi) is 4.17. The van der Waals surface area contributed by atoms with Gasteiger partial charge in [-0.2, -0.15) is 0 Å². The number of ether oxygens (including phenoxy) is 1. The van der Waals surface area contributed by atoms with Crippen LogP contribution in [-0.4, -0.2) is 23.2 Å². The number of aromatic nitrogens is 1. The molecule has 0 radical (unpaired) electrons. The van der Waals surface area contributed by atoms with Gasteiger partial charge in [0.15, 0.2) is 0 Å². The van der Waals surface area contributed by atoms with Crippen molar-refractivity contribution in [3.8, 4) is 5.75 Å². The number of hydrogen-bond donors (Lipinski definition) is 1. The van der Waals surface area contributed by atoms with Gasteiger partial charge < -0.3 is 9.84 Å². The number of hydrogen-bond acceptors (Lipinski definition) is 4. The third-order valence-corrected chi connectivity index (χ3v) is 5.90. The van der Waals surface area contributed by atoms with E-state index in [2.05, 4.69) is 15.9 Å². The second kappa shape index (κ2) is 5.93. The number of carboxylic acid groups (broad SMARTS) is 1. The van der Waals surface area contributed by atoms with Crippen LogP contribution in [0.25, 0.3) is 10.2 Å². The van der Waals surface area contributed by atoms with E-state index >= 15 is 0 Å². The van der Waals surface area contributed by atoms with Crippen molar-refractivity contribution < 1.29 is 14.6 Å². The van der Waals surface area contributed by atoms with Crippen LogP contribution in [-0.2, 0) is 4.79 Å². The minimum Gasteiger partial charge on any atom is -0.495 e. The Morgan fingerprint density at radius 2 is 2.10 bits per heavy atom. The standard InChI is InChI=1S/C15H16BrNO3S/c1-20-12-7-11-13(6-10(12)16)21-14(17-11)8-2-4-9(5-3-8)15(18)19/h6-9H,2-5H2,1H3,(H,18,19)/t8-,9-. The highest BCUT2D eigenvalue weighted by molar-refractivity contribution is 9.10. The molecule has 0 spiro atoms. The lowest BCUT2D eigenvalue weighted by Gasteiger charge is -2.24. The van der Waals surface area contributed by atoms with Crippen molar-refractivity contribution >= 4 is 43.5 Å². The molecule has 1 aromatic heterocycles. The Morgan fingerprint density at radius 3 is 2.71 bits per heavy atom. The molecule has 0 saturated heterocycles. The van der Waals surface area contributed by atoms with Crippen LogP contribution in [0.4, 0.5) is 0 Å². The van der Waals surface area contributed by atoms with E-state index in [0.29, 0.717) is 5.92 Å². The number of carbonyl (C=O) groups is 1. The number of halogens is 1. The predicted molar refractivity (Wildman–Crippen MR) is 86.2 cm³/mol. The molecule has 1 fully saturated rings. The Bertz CT molecular complexity index is 677. The van der Waals surface area contributed by atoms with Gasteiger partial charge in [-0.1, -0.05) is 0 Å². The number of rotatable bonds is 3. The molecule has 0 atom stereocenters. The van der Waals surface area contributed by atoms with E-state index < -0.39 is 5.97 Å². The van der Waals surface area contributed by atoms with Gasteiger partial charge in [0.05, 0.1) is 32.7 Å². The molecule has 112 valence electrons. The van der Waals surface area contributed by atoms with Gasteiger partial charge in [0.2, 0.25) is 0 Å². The molecule has 1 aliphatic carbocycles. The summed E-state index contributed by atoms with van der Waals surface area (Å²) in [5.74, 6) is 0.341. The molecule has 2 aromatic rings. The van der Waals surface area contributed by atoms with Crippen molar-refractivity contribution in [1.29, 1.82) is 0 Å². The molecule has 4 nitrogen and oxygen atoms in total. The van der Waals surface area contributed by atoms with Crippen LogP contribution in [0.5, 0.6) is 5.75 Å². The van der Waals surface area contributed by atoms with Crippen LogP contribution in [0.3, 0.4) is 0 Å². The Morgan fingerprint density at radius 1 is 1.38 bits per heavy atom. The molecule has 0 bridgehead atoms.